The van der Waals surface area contributed by atoms with E-state index in [1.807, 2.05) is 6.92 Å². The van der Waals surface area contributed by atoms with Crippen LogP contribution in [0.1, 0.15) is 23.7 Å². The number of hydrogen-bond donors (Lipinski definition) is 2. The lowest BCUT2D eigenvalue weighted by molar-refractivity contribution is 0.102. The van der Waals surface area contributed by atoms with E-state index in [-0.39, 0.29) is 11.7 Å². The average molecular weight is 365 g/mol. The Hall–Kier alpha value is -3.41. The Kier molecular flexibility index (Phi) is 5.99. The SMILES string of the molecule is CCCOc1ccc(C(=O)Nc2cccc(Nc3ccc(F)cc3)n2)cc1. The smallest absolute Gasteiger partial charge is 0.256 e. The molecule has 1 aromatic heterocycles. The first-order chi connectivity index (χ1) is 13.1. The highest BCUT2D eigenvalue weighted by Gasteiger charge is 2.08. The van der Waals surface area contributed by atoms with E-state index < -0.39 is 0 Å². The van der Waals surface area contributed by atoms with Gasteiger partial charge in [0.15, 0.2) is 0 Å². The van der Waals surface area contributed by atoms with Gasteiger partial charge in [-0.15, -0.1) is 0 Å². The van der Waals surface area contributed by atoms with Crippen LogP contribution in [0, 0.1) is 5.82 Å². The second kappa shape index (κ2) is 8.80. The van der Waals surface area contributed by atoms with Crippen molar-refractivity contribution in [3.05, 3.63) is 78.1 Å². The van der Waals surface area contributed by atoms with Crippen molar-refractivity contribution in [2.24, 2.45) is 0 Å². The second-order valence-corrected chi connectivity index (χ2v) is 5.87. The van der Waals surface area contributed by atoms with Crippen LogP contribution in [0.4, 0.5) is 21.7 Å². The van der Waals surface area contributed by atoms with Gasteiger partial charge in [0.2, 0.25) is 0 Å². The first-order valence-electron chi connectivity index (χ1n) is 8.68. The van der Waals surface area contributed by atoms with Gasteiger partial charge >= 0.3 is 0 Å². The Labute approximate surface area is 157 Å². The lowest BCUT2D eigenvalue weighted by atomic mass is 10.2. The summed E-state index contributed by atoms with van der Waals surface area (Å²) in [5.41, 5.74) is 1.22. The van der Waals surface area contributed by atoms with Gasteiger partial charge in [-0.2, -0.15) is 0 Å². The third-order valence-electron chi connectivity index (χ3n) is 3.70. The fourth-order valence-electron chi connectivity index (χ4n) is 2.37. The second-order valence-electron chi connectivity index (χ2n) is 5.87. The van der Waals surface area contributed by atoms with E-state index in [9.17, 15) is 9.18 Å². The highest BCUT2D eigenvalue weighted by molar-refractivity contribution is 6.03. The van der Waals surface area contributed by atoms with Gasteiger partial charge in [-0.3, -0.25) is 4.79 Å². The maximum absolute atomic E-state index is 13.0. The Morgan fingerprint density at radius 2 is 1.70 bits per heavy atom. The summed E-state index contributed by atoms with van der Waals surface area (Å²) in [6, 6.07) is 18.1. The molecule has 0 saturated heterocycles. The molecule has 2 aromatic carbocycles. The number of carbonyl (C=O) groups excluding carboxylic acids is 1. The molecule has 2 N–H and O–H groups in total. The fraction of sp³-hybridized carbons (Fsp3) is 0.143. The van der Waals surface area contributed by atoms with Crippen molar-refractivity contribution < 1.29 is 13.9 Å². The Balaban J connectivity index is 1.64. The summed E-state index contributed by atoms with van der Waals surface area (Å²) in [7, 11) is 0. The molecule has 0 fully saturated rings. The lowest BCUT2D eigenvalue weighted by Gasteiger charge is -2.09. The summed E-state index contributed by atoms with van der Waals surface area (Å²) in [4.78, 5) is 16.7. The first-order valence-corrected chi connectivity index (χ1v) is 8.68. The number of aromatic nitrogens is 1. The minimum absolute atomic E-state index is 0.261. The van der Waals surface area contributed by atoms with Gasteiger partial charge in [-0.25, -0.2) is 9.37 Å². The predicted molar refractivity (Wildman–Crippen MR) is 104 cm³/mol. The van der Waals surface area contributed by atoms with Crippen molar-refractivity contribution in [1.82, 2.24) is 4.98 Å². The number of hydrogen-bond acceptors (Lipinski definition) is 4. The number of pyridine rings is 1. The number of nitrogens with zero attached hydrogens (tertiary/aromatic N) is 1. The fourth-order valence-corrected chi connectivity index (χ4v) is 2.37. The summed E-state index contributed by atoms with van der Waals surface area (Å²) < 4.78 is 18.5. The van der Waals surface area contributed by atoms with Gasteiger partial charge in [-0.05, 0) is 67.1 Å². The Bertz CT molecular complexity index is 896. The van der Waals surface area contributed by atoms with Crippen LogP contribution >= 0.6 is 0 Å². The van der Waals surface area contributed by atoms with Crippen molar-refractivity contribution >= 4 is 23.2 Å². The number of rotatable bonds is 7. The van der Waals surface area contributed by atoms with Crippen molar-refractivity contribution in [1.29, 1.82) is 0 Å². The molecule has 0 aliphatic rings. The minimum atomic E-state index is -0.305. The quantitative estimate of drug-likeness (QED) is 0.618. The van der Waals surface area contributed by atoms with Crippen LogP contribution in [-0.2, 0) is 0 Å². The summed E-state index contributed by atoms with van der Waals surface area (Å²) in [6.07, 6.45) is 0.927. The molecule has 0 aliphatic carbocycles. The zero-order valence-corrected chi connectivity index (χ0v) is 14.9. The van der Waals surface area contributed by atoms with E-state index in [0.29, 0.717) is 29.5 Å². The van der Waals surface area contributed by atoms with Crippen LogP contribution in [0.5, 0.6) is 5.75 Å². The summed E-state index contributed by atoms with van der Waals surface area (Å²) in [6.45, 7) is 2.68. The van der Waals surface area contributed by atoms with Crippen LogP contribution < -0.4 is 15.4 Å². The molecule has 5 nitrogen and oxygen atoms in total. The molecule has 0 radical (unpaired) electrons. The van der Waals surface area contributed by atoms with E-state index >= 15 is 0 Å². The van der Waals surface area contributed by atoms with Crippen molar-refractivity contribution in [2.45, 2.75) is 13.3 Å². The van der Waals surface area contributed by atoms with Crippen molar-refractivity contribution in [2.75, 3.05) is 17.2 Å². The number of anilines is 3. The van der Waals surface area contributed by atoms with Gasteiger partial charge in [0.1, 0.15) is 23.2 Å². The topological polar surface area (TPSA) is 63.2 Å². The standard InChI is InChI=1S/C21H20FN3O2/c1-2-14-27-18-12-6-15(7-13-18)21(26)25-20-5-3-4-19(24-20)23-17-10-8-16(22)9-11-17/h3-13H,2,14H2,1H3,(H2,23,24,25,26). The zero-order chi connectivity index (χ0) is 19.1. The van der Waals surface area contributed by atoms with E-state index in [0.717, 1.165) is 12.2 Å². The molecule has 0 aliphatic heterocycles. The van der Waals surface area contributed by atoms with Gasteiger partial charge in [-0.1, -0.05) is 13.0 Å². The zero-order valence-electron chi connectivity index (χ0n) is 14.9. The van der Waals surface area contributed by atoms with Crippen LogP contribution in [0.3, 0.4) is 0 Å². The van der Waals surface area contributed by atoms with E-state index in [1.165, 1.54) is 12.1 Å². The molecule has 6 heteroatoms. The van der Waals surface area contributed by atoms with Crippen LogP contribution in [0.25, 0.3) is 0 Å². The van der Waals surface area contributed by atoms with Crippen LogP contribution in [-0.4, -0.2) is 17.5 Å². The molecule has 138 valence electrons. The summed E-state index contributed by atoms with van der Waals surface area (Å²) >= 11 is 0. The maximum atomic E-state index is 13.0. The Morgan fingerprint density at radius 3 is 2.41 bits per heavy atom. The summed E-state index contributed by atoms with van der Waals surface area (Å²) in [5, 5.41) is 5.83. The van der Waals surface area contributed by atoms with E-state index in [4.69, 9.17) is 4.74 Å². The third-order valence-corrected chi connectivity index (χ3v) is 3.70. The highest BCUT2D eigenvalue weighted by atomic mass is 19.1. The number of carbonyl (C=O) groups is 1. The number of halogens is 1. The molecule has 1 amide bonds. The van der Waals surface area contributed by atoms with Crippen LogP contribution in [0.2, 0.25) is 0 Å². The van der Waals surface area contributed by atoms with E-state index in [2.05, 4.69) is 15.6 Å². The van der Waals surface area contributed by atoms with Gasteiger partial charge in [0.05, 0.1) is 6.61 Å². The molecule has 0 atom stereocenters. The van der Waals surface area contributed by atoms with E-state index in [1.54, 1.807) is 54.6 Å². The van der Waals surface area contributed by atoms with Gasteiger partial charge in [0.25, 0.3) is 5.91 Å². The minimum Gasteiger partial charge on any atom is -0.494 e. The maximum Gasteiger partial charge on any atom is 0.256 e. The van der Waals surface area contributed by atoms with Gasteiger partial charge < -0.3 is 15.4 Å². The number of amides is 1. The van der Waals surface area contributed by atoms with Crippen molar-refractivity contribution in [3.8, 4) is 5.75 Å². The lowest BCUT2D eigenvalue weighted by Crippen LogP contribution is -2.13. The molecule has 3 aromatic rings. The molecule has 0 saturated carbocycles. The molecular weight excluding hydrogens is 345 g/mol. The molecular formula is C21H20FN3O2. The van der Waals surface area contributed by atoms with Gasteiger partial charge in [0, 0.05) is 11.3 Å². The molecule has 27 heavy (non-hydrogen) atoms. The molecule has 0 spiro atoms. The molecule has 3 rings (SSSR count). The molecule has 0 bridgehead atoms. The number of ether oxygens (including phenoxy) is 1. The highest BCUT2D eigenvalue weighted by Crippen LogP contribution is 2.18. The summed E-state index contributed by atoms with van der Waals surface area (Å²) in [5.74, 6) is 1.13. The van der Waals surface area contributed by atoms with Crippen LogP contribution in [0.15, 0.2) is 66.7 Å². The largest absolute Gasteiger partial charge is 0.494 e. The average Bonchev–Trinajstić information content (AvgIpc) is 2.69. The molecule has 1 heterocycles. The number of nitrogens with one attached hydrogen (secondary N) is 2. The van der Waals surface area contributed by atoms with Crippen molar-refractivity contribution in [3.63, 3.8) is 0 Å². The monoisotopic (exact) mass is 365 g/mol. The third kappa shape index (κ3) is 5.28. The Morgan fingerprint density at radius 1 is 1.00 bits per heavy atom. The number of benzene rings is 2. The predicted octanol–water partition coefficient (Wildman–Crippen LogP) is 5.01. The first kappa shape index (κ1) is 18.4. The molecule has 0 unspecified atom stereocenters. The normalized spacial score (nSPS) is 10.3.